The number of hydrogen-bond donors (Lipinski definition) is 1. The van der Waals surface area contributed by atoms with E-state index in [4.69, 9.17) is 9.63 Å². The van der Waals surface area contributed by atoms with Crippen LogP contribution in [0.1, 0.15) is 51.7 Å². The molecule has 0 unspecified atom stereocenters. The van der Waals surface area contributed by atoms with Crippen molar-refractivity contribution in [2.45, 2.75) is 52.0 Å². The van der Waals surface area contributed by atoms with Gasteiger partial charge >= 0.3 is 0 Å². The Labute approximate surface area is 109 Å². The van der Waals surface area contributed by atoms with Crippen molar-refractivity contribution in [3.05, 3.63) is 11.7 Å². The fourth-order valence-electron chi connectivity index (χ4n) is 1.61. The second-order valence-electron chi connectivity index (χ2n) is 5.79. The van der Waals surface area contributed by atoms with Gasteiger partial charge in [0.25, 0.3) is 0 Å². The summed E-state index contributed by atoms with van der Waals surface area (Å²) in [5, 5.41) is 12.7. The van der Waals surface area contributed by atoms with E-state index in [2.05, 4.69) is 35.8 Å². The molecule has 0 saturated carbocycles. The van der Waals surface area contributed by atoms with Gasteiger partial charge in [0.1, 0.15) is 0 Å². The molecule has 0 spiro atoms. The Morgan fingerprint density at radius 3 is 2.50 bits per heavy atom. The van der Waals surface area contributed by atoms with E-state index in [9.17, 15) is 0 Å². The van der Waals surface area contributed by atoms with E-state index in [1.54, 1.807) is 0 Å². The molecule has 0 amide bonds. The first kappa shape index (κ1) is 15.1. The fraction of sp³-hybridized carbons (Fsp3) is 0.846. The van der Waals surface area contributed by atoms with Gasteiger partial charge in [0, 0.05) is 12.0 Å². The Bertz CT molecular complexity index is 344. The molecule has 0 aliphatic carbocycles. The summed E-state index contributed by atoms with van der Waals surface area (Å²) in [7, 11) is 2.05. The Morgan fingerprint density at radius 2 is 1.94 bits per heavy atom. The van der Waals surface area contributed by atoms with Crippen LogP contribution in [0.3, 0.4) is 0 Å². The lowest BCUT2D eigenvalue weighted by Crippen LogP contribution is -2.20. The average Bonchev–Trinajstić information content (AvgIpc) is 2.72. The third-order valence-corrected chi connectivity index (χ3v) is 2.72. The molecular weight excluding hydrogens is 230 g/mol. The summed E-state index contributed by atoms with van der Waals surface area (Å²) in [5.41, 5.74) is -0.0923. The summed E-state index contributed by atoms with van der Waals surface area (Å²) in [6, 6.07) is 0. The molecule has 0 aliphatic heterocycles. The number of aliphatic hydroxyl groups is 1. The number of hydrogen-bond acceptors (Lipinski definition) is 5. The van der Waals surface area contributed by atoms with Gasteiger partial charge in [-0.3, -0.25) is 4.90 Å². The maximum Gasteiger partial charge on any atom is 0.232 e. The van der Waals surface area contributed by atoms with Crippen LogP contribution < -0.4 is 0 Å². The fourth-order valence-corrected chi connectivity index (χ4v) is 1.61. The third kappa shape index (κ3) is 5.14. The van der Waals surface area contributed by atoms with E-state index in [0.717, 1.165) is 31.6 Å². The molecule has 0 saturated heterocycles. The van der Waals surface area contributed by atoms with Crippen LogP contribution in [0.2, 0.25) is 0 Å². The largest absolute Gasteiger partial charge is 0.396 e. The molecule has 0 aliphatic rings. The van der Waals surface area contributed by atoms with Gasteiger partial charge in [-0.25, -0.2) is 0 Å². The molecular formula is C13H25N3O2. The topological polar surface area (TPSA) is 62.4 Å². The molecule has 1 aromatic rings. The molecule has 5 nitrogen and oxygen atoms in total. The van der Waals surface area contributed by atoms with Gasteiger partial charge in [0.2, 0.25) is 5.89 Å². The van der Waals surface area contributed by atoms with Crippen molar-refractivity contribution >= 4 is 0 Å². The summed E-state index contributed by atoms with van der Waals surface area (Å²) >= 11 is 0. The Hall–Kier alpha value is -0.940. The second-order valence-corrected chi connectivity index (χ2v) is 5.79. The van der Waals surface area contributed by atoms with Crippen molar-refractivity contribution in [3.8, 4) is 0 Å². The predicted molar refractivity (Wildman–Crippen MR) is 70.3 cm³/mol. The first-order chi connectivity index (χ1) is 8.43. The summed E-state index contributed by atoms with van der Waals surface area (Å²) < 4.78 is 5.25. The van der Waals surface area contributed by atoms with E-state index >= 15 is 0 Å². The lowest BCUT2D eigenvalue weighted by atomic mass is 9.97. The first-order valence-corrected chi connectivity index (χ1v) is 6.56. The molecule has 0 atom stereocenters. The third-order valence-electron chi connectivity index (χ3n) is 2.72. The molecule has 1 rings (SSSR count). The van der Waals surface area contributed by atoms with E-state index in [-0.39, 0.29) is 12.0 Å². The van der Waals surface area contributed by atoms with Crippen molar-refractivity contribution < 1.29 is 9.63 Å². The van der Waals surface area contributed by atoms with Crippen molar-refractivity contribution in [1.29, 1.82) is 0 Å². The minimum absolute atomic E-state index is 0.0923. The molecule has 5 heteroatoms. The molecule has 1 heterocycles. The molecule has 1 N–H and O–H groups in total. The Kier molecular flexibility index (Phi) is 5.75. The minimum atomic E-state index is -0.0923. The molecule has 0 bridgehead atoms. The summed E-state index contributed by atoms with van der Waals surface area (Å²) in [4.78, 5) is 6.58. The zero-order valence-corrected chi connectivity index (χ0v) is 11.9. The number of nitrogens with zero attached hydrogens (tertiary/aromatic N) is 3. The van der Waals surface area contributed by atoms with Crippen LogP contribution in [0, 0.1) is 0 Å². The lowest BCUT2D eigenvalue weighted by molar-refractivity contribution is 0.267. The maximum absolute atomic E-state index is 8.70. The highest BCUT2D eigenvalue weighted by atomic mass is 16.5. The molecule has 0 fully saturated rings. The highest BCUT2D eigenvalue weighted by Crippen LogP contribution is 2.19. The smallest absolute Gasteiger partial charge is 0.232 e. The molecule has 0 aromatic carbocycles. The van der Waals surface area contributed by atoms with E-state index in [1.165, 1.54) is 0 Å². The quantitative estimate of drug-likeness (QED) is 0.755. The number of aliphatic hydroxyl groups excluding tert-OH is 1. The first-order valence-electron chi connectivity index (χ1n) is 6.56. The Balaban J connectivity index is 2.35. The van der Waals surface area contributed by atoms with Crippen molar-refractivity contribution in [2.75, 3.05) is 20.2 Å². The van der Waals surface area contributed by atoms with Crippen LogP contribution in [-0.2, 0) is 12.0 Å². The Morgan fingerprint density at radius 1 is 1.22 bits per heavy atom. The van der Waals surface area contributed by atoms with Crippen LogP contribution in [0.5, 0.6) is 0 Å². The molecule has 104 valence electrons. The maximum atomic E-state index is 8.70. The van der Waals surface area contributed by atoms with Crippen molar-refractivity contribution in [1.82, 2.24) is 15.0 Å². The van der Waals surface area contributed by atoms with Gasteiger partial charge in [-0.15, -0.1) is 0 Å². The highest BCUT2D eigenvalue weighted by Gasteiger charge is 2.21. The van der Waals surface area contributed by atoms with E-state index in [0.29, 0.717) is 12.4 Å². The highest BCUT2D eigenvalue weighted by molar-refractivity contribution is 4.98. The van der Waals surface area contributed by atoms with Gasteiger partial charge in [0.15, 0.2) is 5.82 Å². The zero-order valence-electron chi connectivity index (χ0n) is 11.9. The van der Waals surface area contributed by atoms with Crippen molar-refractivity contribution in [2.24, 2.45) is 0 Å². The normalized spacial score (nSPS) is 12.3. The van der Waals surface area contributed by atoms with Gasteiger partial charge in [-0.1, -0.05) is 25.9 Å². The molecule has 18 heavy (non-hydrogen) atoms. The lowest BCUT2D eigenvalue weighted by Gasteiger charge is -2.14. The summed E-state index contributed by atoms with van der Waals surface area (Å²) in [5.74, 6) is 1.43. The standard InChI is InChI=1S/C13H25N3O2/c1-13(2,3)12-14-11(15-18-12)10-16(4)8-6-5-7-9-17/h17H,5-10H2,1-4H3. The number of rotatable bonds is 7. The monoisotopic (exact) mass is 255 g/mol. The summed E-state index contributed by atoms with van der Waals surface area (Å²) in [6.07, 6.45) is 3.02. The van der Waals surface area contributed by atoms with Crippen LogP contribution >= 0.6 is 0 Å². The second kappa shape index (κ2) is 6.85. The SMILES string of the molecule is CN(CCCCCO)Cc1noc(C(C)(C)C)n1. The van der Waals surface area contributed by atoms with Crippen LogP contribution in [0.15, 0.2) is 4.52 Å². The van der Waals surface area contributed by atoms with Crippen LogP contribution in [0.4, 0.5) is 0 Å². The number of unbranched alkanes of at least 4 members (excludes halogenated alkanes) is 2. The van der Waals surface area contributed by atoms with E-state index < -0.39 is 0 Å². The summed E-state index contributed by atoms with van der Waals surface area (Å²) in [6.45, 7) is 8.15. The van der Waals surface area contributed by atoms with Gasteiger partial charge in [-0.2, -0.15) is 4.98 Å². The molecule has 0 radical (unpaired) electrons. The predicted octanol–water partition coefficient (Wildman–Crippen LogP) is 1.96. The van der Waals surface area contributed by atoms with Gasteiger partial charge in [0.05, 0.1) is 6.54 Å². The number of aromatic nitrogens is 2. The molecule has 1 aromatic heterocycles. The van der Waals surface area contributed by atoms with Crippen molar-refractivity contribution in [3.63, 3.8) is 0 Å². The van der Waals surface area contributed by atoms with Gasteiger partial charge < -0.3 is 9.63 Å². The van der Waals surface area contributed by atoms with Crippen LogP contribution in [0.25, 0.3) is 0 Å². The van der Waals surface area contributed by atoms with Crippen LogP contribution in [-0.4, -0.2) is 40.3 Å². The van der Waals surface area contributed by atoms with Gasteiger partial charge in [-0.05, 0) is 32.9 Å². The van der Waals surface area contributed by atoms with E-state index in [1.807, 2.05) is 7.05 Å². The zero-order chi connectivity index (χ0) is 13.6. The minimum Gasteiger partial charge on any atom is -0.396 e. The average molecular weight is 255 g/mol.